The summed E-state index contributed by atoms with van der Waals surface area (Å²) in [5, 5.41) is 8.83. The van der Waals surface area contributed by atoms with E-state index in [0.29, 0.717) is 54.5 Å². The van der Waals surface area contributed by atoms with Crippen molar-refractivity contribution >= 4 is 29.3 Å². The number of hydrogen-bond acceptors (Lipinski definition) is 6. The van der Waals surface area contributed by atoms with Gasteiger partial charge in [-0.05, 0) is 48.0 Å². The fourth-order valence-corrected chi connectivity index (χ4v) is 3.38. The lowest BCUT2D eigenvalue weighted by Crippen LogP contribution is -2.48. The summed E-state index contributed by atoms with van der Waals surface area (Å²) in [4.78, 5) is 27.6. The Morgan fingerprint density at radius 2 is 1.70 bits per heavy atom. The molecule has 0 unspecified atom stereocenters. The summed E-state index contributed by atoms with van der Waals surface area (Å²) in [5.41, 5.74) is 8.59. The Morgan fingerprint density at radius 3 is 2.33 bits per heavy atom. The van der Waals surface area contributed by atoms with Gasteiger partial charge in [-0.1, -0.05) is 0 Å². The number of carboxylic acid groups (broad SMARTS) is 1. The van der Waals surface area contributed by atoms with Crippen LogP contribution in [0.3, 0.4) is 0 Å². The minimum atomic E-state index is -1.03. The van der Waals surface area contributed by atoms with Gasteiger partial charge in [0.1, 0.15) is 0 Å². The normalized spacial score (nSPS) is 14.1. The fraction of sp³-hybridized carbons (Fsp3) is 0.273. The number of hydrogen-bond donors (Lipinski definition) is 2. The number of nitrogens with zero attached hydrogens (tertiary/aromatic N) is 2. The first-order chi connectivity index (χ1) is 14.4. The second kappa shape index (κ2) is 9.21. The zero-order valence-electron chi connectivity index (χ0n) is 17.0. The van der Waals surface area contributed by atoms with Crippen LogP contribution < -0.4 is 20.1 Å². The smallest absolute Gasteiger partial charge is 0.328 e. The molecular formula is C22H25N3O5. The molecule has 0 aliphatic carbocycles. The van der Waals surface area contributed by atoms with Crippen LogP contribution in [-0.4, -0.2) is 62.3 Å². The first kappa shape index (κ1) is 21.0. The maximum absolute atomic E-state index is 12.9. The van der Waals surface area contributed by atoms with Crippen molar-refractivity contribution in [3.05, 3.63) is 53.6 Å². The highest BCUT2D eigenvalue weighted by Crippen LogP contribution is 2.29. The zero-order valence-corrected chi connectivity index (χ0v) is 17.0. The average Bonchev–Trinajstić information content (AvgIpc) is 2.77. The van der Waals surface area contributed by atoms with Crippen LogP contribution in [0.4, 0.5) is 11.4 Å². The van der Waals surface area contributed by atoms with E-state index in [2.05, 4.69) is 4.90 Å². The summed E-state index contributed by atoms with van der Waals surface area (Å²) in [6.07, 6.45) is 2.55. The summed E-state index contributed by atoms with van der Waals surface area (Å²) in [5.74, 6) is 0.0147. The topological polar surface area (TPSA) is 105 Å². The summed E-state index contributed by atoms with van der Waals surface area (Å²) in [7, 11) is 3.09. The number of anilines is 2. The van der Waals surface area contributed by atoms with E-state index in [1.807, 2.05) is 12.1 Å². The maximum atomic E-state index is 12.9. The van der Waals surface area contributed by atoms with E-state index < -0.39 is 5.97 Å². The van der Waals surface area contributed by atoms with Crippen molar-refractivity contribution in [2.45, 2.75) is 0 Å². The van der Waals surface area contributed by atoms with Crippen molar-refractivity contribution in [2.24, 2.45) is 0 Å². The van der Waals surface area contributed by atoms with Gasteiger partial charge in [0.25, 0.3) is 5.91 Å². The number of carbonyl (C=O) groups is 2. The molecule has 30 heavy (non-hydrogen) atoms. The Balaban J connectivity index is 1.68. The van der Waals surface area contributed by atoms with Crippen LogP contribution in [-0.2, 0) is 4.79 Å². The molecule has 8 nitrogen and oxygen atoms in total. The van der Waals surface area contributed by atoms with E-state index in [1.165, 1.54) is 13.2 Å². The van der Waals surface area contributed by atoms with Gasteiger partial charge in [-0.15, -0.1) is 0 Å². The molecule has 0 radical (unpaired) electrons. The van der Waals surface area contributed by atoms with Crippen LogP contribution in [0.15, 0.2) is 42.5 Å². The van der Waals surface area contributed by atoms with E-state index in [4.69, 9.17) is 20.3 Å². The highest BCUT2D eigenvalue weighted by molar-refractivity contribution is 5.95. The molecule has 1 aliphatic rings. The minimum Gasteiger partial charge on any atom is -0.493 e. The van der Waals surface area contributed by atoms with Crippen LogP contribution in [0.2, 0.25) is 0 Å². The Labute approximate surface area is 175 Å². The van der Waals surface area contributed by atoms with E-state index >= 15 is 0 Å². The van der Waals surface area contributed by atoms with Crippen molar-refractivity contribution in [1.82, 2.24) is 4.90 Å². The molecule has 1 fully saturated rings. The molecule has 3 rings (SSSR count). The summed E-state index contributed by atoms with van der Waals surface area (Å²) < 4.78 is 10.5. The highest BCUT2D eigenvalue weighted by Gasteiger charge is 2.23. The Kier molecular flexibility index (Phi) is 6.46. The molecule has 2 aromatic rings. The lowest BCUT2D eigenvalue weighted by atomic mass is 10.1. The number of carbonyl (C=O) groups excluding carboxylic acids is 1. The molecule has 1 aliphatic heterocycles. The molecule has 1 amide bonds. The SMILES string of the molecule is COc1ccc(C(=O)N2CCN(c3ccc(N)c(/C=C/C(=O)O)c3)CC2)cc1OC. The number of benzene rings is 2. The predicted octanol–water partition coefficient (Wildman–Crippen LogP) is 2.35. The molecule has 0 atom stereocenters. The van der Waals surface area contributed by atoms with Gasteiger partial charge >= 0.3 is 5.97 Å². The fourth-order valence-electron chi connectivity index (χ4n) is 3.38. The minimum absolute atomic E-state index is 0.0574. The number of amides is 1. The largest absolute Gasteiger partial charge is 0.493 e. The Hall–Kier alpha value is -3.68. The number of piperazine rings is 1. The number of nitrogens with two attached hydrogens (primary N) is 1. The predicted molar refractivity (Wildman–Crippen MR) is 115 cm³/mol. The average molecular weight is 411 g/mol. The van der Waals surface area contributed by atoms with E-state index in [9.17, 15) is 9.59 Å². The number of methoxy groups -OCH3 is 2. The first-order valence-electron chi connectivity index (χ1n) is 9.49. The molecular weight excluding hydrogens is 386 g/mol. The number of rotatable bonds is 6. The molecule has 0 spiro atoms. The van der Waals surface area contributed by atoms with Crippen molar-refractivity contribution < 1.29 is 24.2 Å². The van der Waals surface area contributed by atoms with Crippen LogP contribution in [0, 0.1) is 0 Å². The van der Waals surface area contributed by atoms with Crippen LogP contribution in [0.25, 0.3) is 6.08 Å². The summed E-state index contributed by atoms with van der Waals surface area (Å²) in [6.45, 7) is 2.45. The van der Waals surface area contributed by atoms with E-state index in [0.717, 1.165) is 11.8 Å². The quantitative estimate of drug-likeness (QED) is 0.555. The van der Waals surface area contributed by atoms with Crippen LogP contribution in [0.1, 0.15) is 15.9 Å². The number of ether oxygens (including phenoxy) is 2. The van der Waals surface area contributed by atoms with Crippen LogP contribution in [0.5, 0.6) is 11.5 Å². The Morgan fingerprint density at radius 1 is 1.00 bits per heavy atom. The van der Waals surface area contributed by atoms with Gasteiger partial charge in [-0.25, -0.2) is 4.79 Å². The van der Waals surface area contributed by atoms with Crippen LogP contribution >= 0.6 is 0 Å². The molecule has 0 bridgehead atoms. The number of nitrogen functional groups attached to an aromatic ring is 1. The second-order valence-corrected chi connectivity index (χ2v) is 6.83. The monoisotopic (exact) mass is 411 g/mol. The third-order valence-corrected chi connectivity index (χ3v) is 5.04. The van der Waals surface area contributed by atoms with Gasteiger partial charge in [0.15, 0.2) is 11.5 Å². The van der Waals surface area contributed by atoms with Gasteiger partial charge in [-0.2, -0.15) is 0 Å². The maximum Gasteiger partial charge on any atom is 0.328 e. The molecule has 0 aromatic heterocycles. The lowest BCUT2D eigenvalue weighted by Gasteiger charge is -2.36. The highest BCUT2D eigenvalue weighted by atomic mass is 16.5. The molecule has 1 heterocycles. The summed E-state index contributed by atoms with van der Waals surface area (Å²) in [6, 6.07) is 10.7. The molecule has 8 heteroatoms. The van der Waals surface area contributed by atoms with Gasteiger partial charge in [0.05, 0.1) is 14.2 Å². The van der Waals surface area contributed by atoms with Crippen molar-refractivity contribution in [3.63, 3.8) is 0 Å². The lowest BCUT2D eigenvalue weighted by molar-refractivity contribution is -0.131. The third-order valence-electron chi connectivity index (χ3n) is 5.04. The van der Waals surface area contributed by atoms with Crippen molar-refractivity contribution in [1.29, 1.82) is 0 Å². The molecule has 158 valence electrons. The first-order valence-corrected chi connectivity index (χ1v) is 9.49. The van der Waals surface area contributed by atoms with E-state index in [1.54, 1.807) is 36.3 Å². The molecule has 1 saturated heterocycles. The van der Waals surface area contributed by atoms with E-state index in [-0.39, 0.29) is 5.91 Å². The van der Waals surface area contributed by atoms with Crippen molar-refractivity contribution in [3.8, 4) is 11.5 Å². The van der Waals surface area contributed by atoms with Gasteiger partial charge in [0, 0.05) is 49.2 Å². The van der Waals surface area contributed by atoms with Gasteiger partial charge < -0.3 is 30.1 Å². The molecule has 3 N–H and O–H groups in total. The third kappa shape index (κ3) is 4.65. The molecule has 2 aromatic carbocycles. The van der Waals surface area contributed by atoms with Crippen molar-refractivity contribution in [2.75, 3.05) is 51.0 Å². The van der Waals surface area contributed by atoms with Gasteiger partial charge in [-0.3, -0.25) is 4.79 Å². The van der Waals surface area contributed by atoms with Gasteiger partial charge in [0.2, 0.25) is 0 Å². The second-order valence-electron chi connectivity index (χ2n) is 6.83. The summed E-state index contributed by atoms with van der Waals surface area (Å²) >= 11 is 0. The number of aliphatic carboxylic acids is 1. The standard InChI is InChI=1S/C22H25N3O5/c1-29-19-7-3-16(14-20(19)30-2)22(28)25-11-9-24(10-12-25)17-5-6-18(23)15(13-17)4-8-21(26)27/h3-8,13-14H,9-12,23H2,1-2H3,(H,26,27)/b8-4+. The number of carboxylic acids is 1. The Bertz CT molecular complexity index is 965. The molecule has 0 saturated carbocycles. The zero-order chi connectivity index (χ0) is 21.7.